The Labute approximate surface area is 557 Å². The van der Waals surface area contributed by atoms with Crippen molar-refractivity contribution in [3.63, 3.8) is 0 Å². The number of benzene rings is 14. The second-order valence-electron chi connectivity index (χ2n) is 24.3. The molecule has 15 rings (SSSR count). The molecule has 0 fully saturated rings. The summed E-state index contributed by atoms with van der Waals surface area (Å²) in [4.78, 5) is 0. The number of rotatable bonds is 16. The molecule has 0 saturated heterocycles. The summed E-state index contributed by atoms with van der Waals surface area (Å²) < 4.78 is 23.7. The molecule has 0 amide bonds. The van der Waals surface area contributed by atoms with Gasteiger partial charge in [-0.05, 0) is 216 Å². The molecule has 0 heterocycles. The number of allylic oxidation sites excluding steroid dienone is 4. The van der Waals surface area contributed by atoms with Gasteiger partial charge in [-0.2, -0.15) is 0 Å². The van der Waals surface area contributed by atoms with Gasteiger partial charge < -0.3 is 18.9 Å². The standard InChI is InChI=1S/C91H70O4/c1-59-27-21-22-38-73(59)89-83(61-30-13-7-14-31-61)80(66-45-53-70(93-3)54-46-66)82(68-49-57-72(95-5)58-50-68)86(64-36-19-10-20-37-64)91(89)88-76-41-25-23-39-74(76)87(75-40-24-26-42-77(75)88)90-84(62-32-15-8-16-33-62)78(60-28-11-6-12-29-60)79(65-43-51-69(92-2)52-44-65)81(67-47-55-71(94-4)56-48-67)85(90)63-34-17-9-18-35-63/h6-26,28-59H,27H2,1-5H3. The Hall–Kier alpha value is -11.7. The van der Waals surface area contributed by atoms with Crippen LogP contribution in [-0.2, 0) is 0 Å². The molecule has 0 aliphatic heterocycles. The SMILES string of the molecule is COc1ccc(-c2c(-c3ccccc3)c(C3=CC=CCC3C)c(-c3c4ccccc4c(-c4c(-c5ccccc5)c(-c5ccccc5)c(-c5ccc(OC)cc5)c(-c5ccc(OC)cc5)c4-c4ccccc4)c4ccccc34)c(-c3ccccc3)c2-c2ccc(OC)cc2)cc1. The zero-order valence-electron chi connectivity index (χ0n) is 53.9. The Balaban J connectivity index is 1.22. The van der Waals surface area contributed by atoms with Gasteiger partial charge in [0, 0.05) is 0 Å². The number of hydrogen-bond acceptors (Lipinski definition) is 4. The van der Waals surface area contributed by atoms with Crippen molar-refractivity contribution in [3.8, 4) is 145 Å². The third-order valence-electron chi connectivity index (χ3n) is 19.0. The second-order valence-corrected chi connectivity index (χ2v) is 24.3. The van der Waals surface area contributed by atoms with Crippen LogP contribution in [0.3, 0.4) is 0 Å². The van der Waals surface area contributed by atoms with Gasteiger partial charge in [-0.15, -0.1) is 0 Å². The summed E-state index contributed by atoms with van der Waals surface area (Å²) in [5.41, 5.74) is 26.9. The van der Waals surface area contributed by atoms with Crippen LogP contribution in [-0.4, -0.2) is 28.4 Å². The predicted octanol–water partition coefficient (Wildman–Crippen LogP) is 24.3. The van der Waals surface area contributed by atoms with Crippen molar-refractivity contribution in [3.05, 3.63) is 321 Å². The van der Waals surface area contributed by atoms with E-state index in [1.54, 1.807) is 28.4 Å². The highest BCUT2D eigenvalue weighted by Gasteiger charge is 2.36. The fourth-order valence-electron chi connectivity index (χ4n) is 14.7. The zero-order valence-corrected chi connectivity index (χ0v) is 53.9. The molecule has 4 nitrogen and oxygen atoms in total. The van der Waals surface area contributed by atoms with Gasteiger partial charge in [-0.3, -0.25) is 0 Å². The first-order valence-electron chi connectivity index (χ1n) is 32.6. The quantitative estimate of drug-likeness (QED) is 0.0904. The van der Waals surface area contributed by atoms with Crippen LogP contribution in [0.25, 0.3) is 150 Å². The second kappa shape index (κ2) is 26.1. The van der Waals surface area contributed by atoms with E-state index in [0.717, 1.165) is 173 Å². The molecule has 458 valence electrons. The third kappa shape index (κ3) is 10.8. The predicted molar refractivity (Wildman–Crippen MR) is 398 cm³/mol. The first-order chi connectivity index (χ1) is 46.9. The first kappa shape index (κ1) is 59.6. The van der Waals surface area contributed by atoms with Crippen molar-refractivity contribution < 1.29 is 18.9 Å². The van der Waals surface area contributed by atoms with Gasteiger partial charge in [0.25, 0.3) is 0 Å². The van der Waals surface area contributed by atoms with Crippen molar-refractivity contribution >= 4 is 27.1 Å². The lowest BCUT2D eigenvalue weighted by Gasteiger charge is -2.33. The van der Waals surface area contributed by atoms with E-state index in [4.69, 9.17) is 18.9 Å². The maximum Gasteiger partial charge on any atom is 0.118 e. The Bertz CT molecular complexity index is 5120. The topological polar surface area (TPSA) is 36.9 Å². The Morgan fingerprint density at radius 3 is 0.674 bits per heavy atom. The summed E-state index contributed by atoms with van der Waals surface area (Å²) >= 11 is 0. The summed E-state index contributed by atoms with van der Waals surface area (Å²) in [5.74, 6) is 3.30. The van der Waals surface area contributed by atoms with Gasteiger partial charge in [0.2, 0.25) is 0 Å². The third-order valence-corrected chi connectivity index (χ3v) is 19.0. The van der Waals surface area contributed by atoms with E-state index in [-0.39, 0.29) is 5.92 Å². The molecule has 4 heteroatoms. The van der Waals surface area contributed by atoms with E-state index in [9.17, 15) is 0 Å². The van der Waals surface area contributed by atoms with Crippen molar-refractivity contribution in [1.29, 1.82) is 0 Å². The van der Waals surface area contributed by atoms with E-state index in [1.165, 1.54) is 11.1 Å². The molecule has 0 spiro atoms. The summed E-state index contributed by atoms with van der Waals surface area (Å²) in [6, 6.07) is 109. The molecule has 14 aromatic rings. The molecule has 1 atom stereocenters. The lowest BCUT2D eigenvalue weighted by Crippen LogP contribution is -2.09. The highest BCUT2D eigenvalue weighted by molar-refractivity contribution is 6.29. The van der Waals surface area contributed by atoms with Crippen LogP contribution in [0.2, 0.25) is 0 Å². The molecule has 95 heavy (non-hydrogen) atoms. The van der Waals surface area contributed by atoms with E-state index in [1.807, 2.05) is 0 Å². The number of fused-ring (bicyclic) bond motifs is 2. The summed E-state index contributed by atoms with van der Waals surface area (Å²) in [5, 5.41) is 4.49. The van der Waals surface area contributed by atoms with Crippen molar-refractivity contribution in [2.75, 3.05) is 28.4 Å². The molecule has 0 bridgehead atoms. The van der Waals surface area contributed by atoms with E-state index >= 15 is 0 Å². The largest absolute Gasteiger partial charge is 0.497 e. The van der Waals surface area contributed by atoms with E-state index in [2.05, 4.69) is 322 Å². The molecule has 0 N–H and O–H groups in total. The molecule has 0 saturated carbocycles. The Morgan fingerprint density at radius 1 is 0.221 bits per heavy atom. The maximum atomic E-state index is 5.95. The Morgan fingerprint density at radius 2 is 0.432 bits per heavy atom. The Kier molecular flexibility index (Phi) is 16.4. The molecular formula is C91H70O4. The van der Waals surface area contributed by atoms with Gasteiger partial charge in [0.1, 0.15) is 23.0 Å². The van der Waals surface area contributed by atoms with Crippen LogP contribution in [0.5, 0.6) is 23.0 Å². The molecule has 14 aromatic carbocycles. The monoisotopic (exact) mass is 1230 g/mol. The van der Waals surface area contributed by atoms with Crippen LogP contribution in [0.4, 0.5) is 0 Å². The summed E-state index contributed by atoms with van der Waals surface area (Å²) in [6.07, 6.45) is 7.88. The minimum Gasteiger partial charge on any atom is -0.497 e. The lowest BCUT2D eigenvalue weighted by molar-refractivity contribution is 0.414. The fraction of sp³-hybridized carbons (Fsp3) is 0.0769. The van der Waals surface area contributed by atoms with Crippen molar-refractivity contribution in [1.82, 2.24) is 0 Å². The normalized spacial score (nSPS) is 12.8. The number of methoxy groups -OCH3 is 4. The average molecular weight is 1230 g/mol. The zero-order chi connectivity index (χ0) is 64.4. The molecule has 0 aromatic heterocycles. The number of ether oxygens (including phenoxy) is 4. The molecule has 1 unspecified atom stereocenters. The van der Waals surface area contributed by atoms with Crippen molar-refractivity contribution in [2.24, 2.45) is 5.92 Å². The fourth-order valence-corrected chi connectivity index (χ4v) is 14.7. The van der Waals surface area contributed by atoms with Crippen molar-refractivity contribution in [2.45, 2.75) is 13.3 Å². The molecule has 1 aliphatic rings. The maximum absolute atomic E-state index is 5.95. The smallest absolute Gasteiger partial charge is 0.118 e. The van der Waals surface area contributed by atoms with Gasteiger partial charge in [-0.25, -0.2) is 0 Å². The van der Waals surface area contributed by atoms with E-state index in [0.29, 0.717) is 0 Å². The molecular weight excluding hydrogens is 1160 g/mol. The first-order valence-corrected chi connectivity index (χ1v) is 32.6. The van der Waals surface area contributed by atoms with E-state index < -0.39 is 0 Å². The highest BCUT2D eigenvalue weighted by Crippen LogP contribution is 2.62. The van der Waals surface area contributed by atoms with Crippen LogP contribution >= 0.6 is 0 Å². The summed E-state index contributed by atoms with van der Waals surface area (Å²) in [6.45, 7) is 2.40. The molecule has 1 aliphatic carbocycles. The highest BCUT2D eigenvalue weighted by atomic mass is 16.5. The number of hydrogen-bond donors (Lipinski definition) is 0. The minimum absolute atomic E-state index is 0.149. The summed E-state index contributed by atoms with van der Waals surface area (Å²) in [7, 11) is 6.95. The lowest BCUT2D eigenvalue weighted by atomic mass is 9.69. The molecule has 0 radical (unpaired) electrons. The van der Waals surface area contributed by atoms with Crippen LogP contribution in [0.15, 0.2) is 315 Å². The average Bonchev–Trinajstić information content (AvgIpc) is 0.699. The minimum atomic E-state index is 0.149. The van der Waals surface area contributed by atoms with Gasteiger partial charge in [0.15, 0.2) is 0 Å². The van der Waals surface area contributed by atoms with Gasteiger partial charge in [-0.1, -0.05) is 274 Å². The van der Waals surface area contributed by atoms with Crippen LogP contribution in [0, 0.1) is 5.92 Å². The van der Waals surface area contributed by atoms with Gasteiger partial charge >= 0.3 is 0 Å². The van der Waals surface area contributed by atoms with Crippen LogP contribution in [0.1, 0.15) is 18.9 Å². The van der Waals surface area contributed by atoms with Crippen LogP contribution < -0.4 is 18.9 Å². The van der Waals surface area contributed by atoms with Gasteiger partial charge in [0.05, 0.1) is 28.4 Å².